The highest BCUT2D eigenvalue weighted by Crippen LogP contribution is 2.24. The van der Waals surface area contributed by atoms with E-state index in [0.717, 1.165) is 18.5 Å². The molecule has 132 valence electrons. The first-order chi connectivity index (χ1) is 11.6. The molecule has 1 aromatic rings. The number of amides is 2. The molecule has 1 saturated heterocycles. The Morgan fingerprint density at radius 3 is 3.00 bits per heavy atom. The molecule has 0 aromatic carbocycles. The molecule has 2 heterocycles. The fraction of sp³-hybridized carbons (Fsp3) is 0.706. The summed E-state index contributed by atoms with van der Waals surface area (Å²) >= 11 is 0. The van der Waals surface area contributed by atoms with Gasteiger partial charge in [0.1, 0.15) is 0 Å². The quantitative estimate of drug-likeness (QED) is 0.832. The van der Waals surface area contributed by atoms with E-state index in [1.54, 1.807) is 24.0 Å². The first-order valence-electron chi connectivity index (χ1n) is 8.66. The first-order valence-corrected chi connectivity index (χ1v) is 8.66. The van der Waals surface area contributed by atoms with Crippen molar-refractivity contribution in [3.8, 4) is 0 Å². The zero-order chi connectivity index (χ0) is 17.1. The molecular weight excluding hydrogens is 308 g/mol. The van der Waals surface area contributed by atoms with E-state index >= 15 is 0 Å². The molecule has 24 heavy (non-hydrogen) atoms. The van der Waals surface area contributed by atoms with Crippen molar-refractivity contribution in [3.63, 3.8) is 0 Å². The third-order valence-electron chi connectivity index (χ3n) is 5.03. The summed E-state index contributed by atoms with van der Waals surface area (Å²) < 4.78 is 5.02. The van der Waals surface area contributed by atoms with Crippen molar-refractivity contribution in [1.29, 1.82) is 0 Å². The summed E-state index contributed by atoms with van der Waals surface area (Å²) in [6, 6.07) is 0. The van der Waals surface area contributed by atoms with Gasteiger partial charge >= 0.3 is 0 Å². The zero-order valence-corrected chi connectivity index (χ0v) is 14.5. The Morgan fingerprint density at radius 2 is 2.21 bits per heavy atom. The van der Waals surface area contributed by atoms with Gasteiger partial charge in [-0.1, -0.05) is 0 Å². The third kappa shape index (κ3) is 3.45. The number of carbonyl (C=O) groups excluding carboxylic acids is 2. The van der Waals surface area contributed by atoms with Crippen molar-refractivity contribution in [3.05, 3.63) is 17.0 Å². The molecule has 3 rings (SSSR count). The van der Waals surface area contributed by atoms with Crippen molar-refractivity contribution in [2.45, 2.75) is 38.6 Å². The molecule has 1 N–H and O–H groups in total. The van der Waals surface area contributed by atoms with E-state index < -0.39 is 0 Å². The Bertz CT molecular complexity index is 613. The van der Waals surface area contributed by atoms with Crippen LogP contribution in [-0.4, -0.2) is 65.7 Å². The van der Waals surface area contributed by atoms with E-state index in [2.05, 4.69) is 10.2 Å². The van der Waals surface area contributed by atoms with Crippen molar-refractivity contribution >= 4 is 11.8 Å². The topological polar surface area (TPSA) is 78.5 Å². The minimum Gasteiger partial charge on any atom is -0.383 e. The van der Waals surface area contributed by atoms with Crippen molar-refractivity contribution in [2.24, 2.45) is 5.92 Å². The lowest BCUT2D eigenvalue weighted by molar-refractivity contribution is -0.135. The number of rotatable bonds is 6. The highest BCUT2D eigenvalue weighted by molar-refractivity contribution is 5.89. The molecule has 2 amide bonds. The van der Waals surface area contributed by atoms with E-state index in [-0.39, 0.29) is 17.7 Å². The number of hydrogen-bond acceptors (Lipinski definition) is 4. The number of nitrogens with one attached hydrogen (secondary N) is 1. The summed E-state index contributed by atoms with van der Waals surface area (Å²) in [4.78, 5) is 28.1. The van der Waals surface area contributed by atoms with Crippen LogP contribution in [0.15, 0.2) is 0 Å². The van der Waals surface area contributed by atoms with Crippen molar-refractivity contribution < 1.29 is 14.3 Å². The molecule has 0 radical (unpaired) electrons. The van der Waals surface area contributed by atoms with Gasteiger partial charge in [0.15, 0.2) is 0 Å². The van der Waals surface area contributed by atoms with Gasteiger partial charge in [-0.2, -0.15) is 5.10 Å². The number of nitrogens with zero attached hydrogens (tertiary/aromatic N) is 3. The van der Waals surface area contributed by atoms with Gasteiger partial charge in [0.2, 0.25) is 11.8 Å². The molecule has 0 spiro atoms. The minimum atomic E-state index is -0.255. The van der Waals surface area contributed by atoms with Crippen LogP contribution in [0, 0.1) is 5.92 Å². The second-order valence-corrected chi connectivity index (χ2v) is 6.76. The SMILES string of the molecule is COCCN1C[C@H](C(=O)N(C)Cc2n[nH]c3c2CCCC3)CC1=O. The van der Waals surface area contributed by atoms with Gasteiger partial charge in [-0.05, 0) is 31.2 Å². The van der Waals surface area contributed by atoms with Crippen LogP contribution in [0.1, 0.15) is 36.2 Å². The first kappa shape index (κ1) is 17.0. The number of ether oxygens (including phenoxy) is 1. The molecule has 0 saturated carbocycles. The Balaban J connectivity index is 1.59. The van der Waals surface area contributed by atoms with E-state index in [9.17, 15) is 9.59 Å². The molecule has 1 atom stereocenters. The lowest BCUT2D eigenvalue weighted by Gasteiger charge is -2.21. The summed E-state index contributed by atoms with van der Waals surface area (Å²) in [7, 11) is 3.41. The number of likely N-dealkylation sites (tertiary alicyclic amines) is 1. The molecule has 0 bridgehead atoms. The fourth-order valence-electron chi connectivity index (χ4n) is 3.65. The van der Waals surface area contributed by atoms with Crippen LogP contribution < -0.4 is 0 Å². The van der Waals surface area contributed by atoms with Gasteiger partial charge in [0.05, 0.1) is 24.8 Å². The fourth-order valence-corrected chi connectivity index (χ4v) is 3.65. The number of carbonyl (C=O) groups is 2. The van der Waals surface area contributed by atoms with Gasteiger partial charge in [-0.15, -0.1) is 0 Å². The summed E-state index contributed by atoms with van der Waals surface area (Å²) in [5.74, 6) is -0.194. The lowest BCUT2D eigenvalue weighted by Crippen LogP contribution is -2.35. The van der Waals surface area contributed by atoms with Crippen molar-refractivity contribution in [2.75, 3.05) is 33.9 Å². The van der Waals surface area contributed by atoms with Gasteiger partial charge in [0.25, 0.3) is 0 Å². The molecule has 7 heteroatoms. The van der Waals surface area contributed by atoms with E-state index in [4.69, 9.17) is 4.74 Å². The van der Waals surface area contributed by atoms with E-state index in [1.165, 1.54) is 24.1 Å². The number of aryl methyl sites for hydroxylation is 1. The largest absolute Gasteiger partial charge is 0.383 e. The predicted molar refractivity (Wildman–Crippen MR) is 88.3 cm³/mol. The molecule has 1 aliphatic carbocycles. The number of aromatic amines is 1. The number of H-pyrrole nitrogens is 1. The smallest absolute Gasteiger partial charge is 0.228 e. The molecule has 0 unspecified atom stereocenters. The van der Waals surface area contributed by atoms with Crippen LogP contribution in [0.5, 0.6) is 0 Å². The van der Waals surface area contributed by atoms with Gasteiger partial charge < -0.3 is 14.5 Å². The van der Waals surface area contributed by atoms with Crippen LogP contribution in [0.3, 0.4) is 0 Å². The summed E-state index contributed by atoms with van der Waals surface area (Å²) in [5.41, 5.74) is 3.48. The van der Waals surface area contributed by atoms with Crippen molar-refractivity contribution in [1.82, 2.24) is 20.0 Å². The second kappa shape index (κ2) is 7.34. The molecule has 1 fully saturated rings. The van der Waals surface area contributed by atoms with E-state index in [0.29, 0.717) is 32.7 Å². The zero-order valence-electron chi connectivity index (χ0n) is 14.5. The average Bonchev–Trinajstić information content (AvgIpc) is 3.16. The number of fused-ring (bicyclic) bond motifs is 1. The molecule has 1 aliphatic heterocycles. The monoisotopic (exact) mass is 334 g/mol. The highest BCUT2D eigenvalue weighted by Gasteiger charge is 2.35. The van der Waals surface area contributed by atoms with Crippen LogP contribution in [0.4, 0.5) is 0 Å². The van der Waals surface area contributed by atoms with Crippen LogP contribution in [0.2, 0.25) is 0 Å². The predicted octanol–water partition coefficient (Wildman–Crippen LogP) is 0.742. The van der Waals surface area contributed by atoms with Gasteiger partial charge in [-0.25, -0.2) is 0 Å². The third-order valence-corrected chi connectivity index (χ3v) is 5.03. The maximum absolute atomic E-state index is 12.7. The van der Waals surface area contributed by atoms with Gasteiger partial charge in [0, 0.05) is 39.4 Å². The van der Waals surface area contributed by atoms with Gasteiger partial charge in [-0.3, -0.25) is 14.7 Å². The van der Waals surface area contributed by atoms with Crippen LogP contribution >= 0.6 is 0 Å². The Labute approximate surface area is 142 Å². The van der Waals surface area contributed by atoms with Crippen LogP contribution in [-0.2, 0) is 33.7 Å². The molecular formula is C17H26N4O3. The average molecular weight is 334 g/mol. The number of methoxy groups -OCH3 is 1. The number of hydrogen-bond donors (Lipinski definition) is 1. The molecule has 1 aromatic heterocycles. The summed E-state index contributed by atoms with van der Waals surface area (Å²) in [6.45, 7) is 2.05. The number of aromatic nitrogens is 2. The maximum atomic E-state index is 12.7. The lowest BCUT2D eigenvalue weighted by atomic mass is 9.96. The highest BCUT2D eigenvalue weighted by atomic mass is 16.5. The van der Waals surface area contributed by atoms with Crippen LogP contribution in [0.25, 0.3) is 0 Å². The second-order valence-electron chi connectivity index (χ2n) is 6.76. The Morgan fingerprint density at radius 1 is 1.42 bits per heavy atom. The Hall–Kier alpha value is -1.89. The standard InChI is InChI=1S/C17H26N4O3/c1-20(11-15-13-5-3-4-6-14(13)18-19-15)17(23)12-9-16(22)21(10-12)7-8-24-2/h12H,3-11H2,1-2H3,(H,18,19)/t12-/m1/s1. The molecule has 7 nitrogen and oxygen atoms in total. The summed E-state index contributed by atoms with van der Waals surface area (Å²) in [6.07, 6.45) is 4.76. The normalized spacial score (nSPS) is 20.3. The van der Waals surface area contributed by atoms with E-state index in [1.807, 2.05) is 0 Å². The molecule has 2 aliphatic rings. The Kier molecular flexibility index (Phi) is 5.18. The summed E-state index contributed by atoms with van der Waals surface area (Å²) in [5, 5.41) is 7.52. The minimum absolute atomic E-state index is 0.0239. The maximum Gasteiger partial charge on any atom is 0.228 e.